The molecule has 0 saturated heterocycles. The maximum absolute atomic E-state index is 12.1. The number of benzene rings is 1. The maximum Gasteiger partial charge on any atom is 0.338 e. The monoisotopic (exact) mass is 346 g/mol. The van der Waals surface area contributed by atoms with Crippen LogP contribution in [-0.4, -0.2) is 41.1 Å². The molecule has 2 rings (SSSR count). The van der Waals surface area contributed by atoms with Gasteiger partial charge >= 0.3 is 12.0 Å². The number of hydrogen-bond acceptors (Lipinski definition) is 6. The quantitative estimate of drug-likeness (QED) is 0.770. The van der Waals surface area contributed by atoms with Crippen LogP contribution in [0.25, 0.3) is 11.0 Å². The first kappa shape index (κ1) is 18.1. The van der Waals surface area contributed by atoms with Crippen LogP contribution in [0.3, 0.4) is 0 Å². The van der Waals surface area contributed by atoms with Gasteiger partial charge in [0.15, 0.2) is 6.61 Å². The Morgan fingerprint density at radius 1 is 1.28 bits per heavy atom. The number of fused-ring (bicyclic) bond motifs is 1. The van der Waals surface area contributed by atoms with Crippen molar-refractivity contribution in [3.63, 3.8) is 0 Å². The summed E-state index contributed by atoms with van der Waals surface area (Å²) in [5, 5.41) is 4.19. The van der Waals surface area contributed by atoms with Gasteiger partial charge in [-0.15, -0.1) is 0 Å². The van der Waals surface area contributed by atoms with E-state index in [9.17, 15) is 19.2 Å². The number of carbonyl (C=O) groups is 3. The molecule has 1 aromatic carbocycles. The Bertz CT molecular complexity index is 903. The second-order valence-corrected chi connectivity index (χ2v) is 5.15. The molecule has 0 saturated carbocycles. The predicted molar refractivity (Wildman–Crippen MR) is 89.3 cm³/mol. The molecule has 0 spiro atoms. The third kappa shape index (κ3) is 4.00. The lowest BCUT2D eigenvalue weighted by molar-refractivity contribution is -0.123. The first-order valence-corrected chi connectivity index (χ1v) is 7.57. The fourth-order valence-corrected chi connectivity index (χ4v) is 2.26. The van der Waals surface area contributed by atoms with E-state index in [-0.39, 0.29) is 11.1 Å². The Morgan fingerprint density at radius 2 is 2.00 bits per heavy atom. The average molecular weight is 346 g/mol. The Labute approximate surface area is 143 Å². The number of amides is 3. The minimum atomic E-state index is -0.748. The lowest BCUT2D eigenvalue weighted by atomic mass is 10.2. The summed E-state index contributed by atoms with van der Waals surface area (Å²) in [6, 6.07) is 3.90. The summed E-state index contributed by atoms with van der Waals surface area (Å²) in [5.74, 6) is -1.48. The van der Waals surface area contributed by atoms with Crippen molar-refractivity contribution >= 4 is 28.9 Å². The number of carbonyl (C=O) groups excluding carboxylic acids is 3. The normalized spacial score (nSPS) is 10.4. The molecule has 3 amide bonds. The molecular weight excluding hydrogens is 328 g/mol. The van der Waals surface area contributed by atoms with E-state index in [4.69, 9.17) is 4.74 Å². The predicted octanol–water partition coefficient (Wildman–Crippen LogP) is 0.337. The molecule has 0 atom stereocenters. The van der Waals surface area contributed by atoms with E-state index in [1.54, 1.807) is 17.6 Å². The number of aromatic nitrogens is 2. The van der Waals surface area contributed by atoms with Crippen molar-refractivity contribution in [2.45, 2.75) is 20.4 Å². The van der Waals surface area contributed by atoms with E-state index in [0.29, 0.717) is 23.3 Å². The van der Waals surface area contributed by atoms with Crippen LogP contribution in [-0.2, 0) is 16.1 Å². The average Bonchev–Trinajstić information content (AvgIpc) is 2.60. The molecule has 132 valence electrons. The first-order valence-electron chi connectivity index (χ1n) is 7.57. The summed E-state index contributed by atoms with van der Waals surface area (Å²) >= 11 is 0. The van der Waals surface area contributed by atoms with Gasteiger partial charge in [0.25, 0.3) is 11.5 Å². The van der Waals surface area contributed by atoms with Crippen LogP contribution in [0.5, 0.6) is 0 Å². The third-order valence-corrected chi connectivity index (χ3v) is 3.48. The van der Waals surface area contributed by atoms with E-state index in [1.165, 1.54) is 19.2 Å². The molecule has 9 heteroatoms. The number of nitrogens with zero attached hydrogens (tertiary/aromatic N) is 2. The zero-order valence-corrected chi connectivity index (χ0v) is 14.1. The molecule has 1 aromatic heterocycles. The smallest absolute Gasteiger partial charge is 0.338 e. The highest BCUT2D eigenvalue weighted by molar-refractivity contribution is 5.97. The molecular formula is C16H18N4O5. The second-order valence-electron chi connectivity index (χ2n) is 5.15. The van der Waals surface area contributed by atoms with Crippen molar-refractivity contribution < 1.29 is 19.1 Å². The van der Waals surface area contributed by atoms with Gasteiger partial charge in [-0.1, -0.05) is 0 Å². The molecule has 0 aliphatic heterocycles. The molecule has 0 aliphatic carbocycles. The van der Waals surface area contributed by atoms with Crippen LogP contribution in [0.2, 0.25) is 0 Å². The molecule has 0 radical (unpaired) electrons. The fraction of sp³-hybridized carbons (Fsp3) is 0.312. The number of urea groups is 1. The number of hydrogen-bond donors (Lipinski definition) is 2. The van der Waals surface area contributed by atoms with Crippen molar-refractivity contribution in [2.75, 3.05) is 13.7 Å². The second kappa shape index (κ2) is 7.56. The van der Waals surface area contributed by atoms with Gasteiger partial charge in [-0.05, 0) is 32.0 Å². The lowest BCUT2D eigenvalue weighted by Gasteiger charge is -2.10. The summed E-state index contributed by atoms with van der Waals surface area (Å²) in [6.07, 6.45) is 0. The SMILES string of the molecule is CCn1c(=O)c(C)nc2cc(C(=O)OCC(=O)NC(=O)NC)ccc21. The van der Waals surface area contributed by atoms with Crippen molar-refractivity contribution in [1.82, 2.24) is 20.2 Å². The van der Waals surface area contributed by atoms with Gasteiger partial charge in [0.2, 0.25) is 0 Å². The molecule has 2 aromatic rings. The van der Waals surface area contributed by atoms with Crippen molar-refractivity contribution in [2.24, 2.45) is 0 Å². The largest absolute Gasteiger partial charge is 0.452 e. The molecule has 2 N–H and O–H groups in total. The van der Waals surface area contributed by atoms with Crippen LogP contribution < -0.4 is 16.2 Å². The van der Waals surface area contributed by atoms with Gasteiger partial charge in [0, 0.05) is 13.6 Å². The summed E-state index contributed by atoms with van der Waals surface area (Å²) < 4.78 is 6.43. The number of rotatable bonds is 4. The third-order valence-electron chi connectivity index (χ3n) is 3.48. The van der Waals surface area contributed by atoms with Gasteiger partial charge in [-0.25, -0.2) is 14.6 Å². The Balaban J connectivity index is 2.20. The minimum Gasteiger partial charge on any atom is -0.452 e. The van der Waals surface area contributed by atoms with Gasteiger partial charge < -0.3 is 14.6 Å². The Morgan fingerprint density at radius 3 is 2.64 bits per heavy atom. The van der Waals surface area contributed by atoms with E-state index in [2.05, 4.69) is 10.3 Å². The molecule has 9 nitrogen and oxygen atoms in total. The number of aryl methyl sites for hydroxylation is 2. The lowest BCUT2D eigenvalue weighted by Crippen LogP contribution is -2.39. The fourth-order valence-electron chi connectivity index (χ4n) is 2.26. The number of imide groups is 1. The van der Waals surface area contributed by atoms with Crippen LogP contribution in [0.15, 0.2) is 23.0 Å². The zero-order valence-electron chi connectivity index (χ0n) is 14.1. The summed E-state index contributed by atoms with van der Waals surface area (Å²) in [4.78, 5) is 50.7. The minimum absolute atomic E-state index is 0.184. The number of nitrogens with one attached hydrogen (secondary N) is 2. The summed E-state index contributed by atoms with van der Waals surface area (Å²) in [5.41, 5.74) is 1.41. The van der Waals surface area contributed by atoms with Crippen LogP contribution in [0.4, 0.5) is 4.79 Å². The first-order chi connectivity index (χ1) is 11.9. The Kier molecular flexibility index (Phi) is 5.48. The molecule has 0 bridgehead atoms. The van der Waals surface area contributed by atoms with Gasteiger partial charge in [-0.3, -0.25) is 14.9 Å². The molecule has 25 heavy (non-hydrogen) atoms. The van der Waals surface area contributed by atoms with E-state index in [1.807, 2.05) is 12.2 Å². The number of ether oxygens (including phenoxy) is 1. The highest BCUT2D eigenvalue weighted by Crippen LogP contribution is 2.14. The van der Waals surface area contributed by atoms with Gasteiger partial charge in [0.05, 0.1) is 16.6 Å². The molecule has 0 aliphatic rings. The van der Waals surface area contributed by atoms with Crippen molar-refractivity contribution in [3.8, 4) is 0 Å². The van der Waals surface area contributed by atoms with Crippen LogP contribution in [0, 0.1) is 6.92 Å². The van der Waals surface area contributed by atoms with Crippen LogP contribution in [0.1, 0.15) is 23.0 Å². The molecule has 0 unspecified atom stereocenters. The van der Waals surface area contributed by atoms with Crippen molar-refractivity contribution in [1.29, 1.82) is 0 Å². The summed E-state index contributed by atoms with van der Waals surface area (Å²) in [6.45, 7) is 3.32. The maximum atomic E-state index is 12.1. The zero-order chi connectivity index (χ0) is 18.6. The Hall–Kier alpha value is -3.23. The van der Waals surface area contributed by atoms with Gasteiger partial charge in [-0.2, -0.15) is 0 Å². The van der Waals surface area contributed by atoms with E-state index in [0.717, 1.165) is 0 Å². The highest BCUT2D eigenvalue weighted by atomic mass is 16.5. The van der Waals surface area contributed by atoms with E-state index >= 15 is 0 Å². The molecule has 1 heterocycles. The number of esters is 1. The van der Waals surface area contributed by atoms with Crippen LogP contribution >= 0.6 is 0 Å². The van der Waals surface area contributed by atoms with E-state index < -0.39 is 24.5 Å². The topological polar surface area (TPSA) is 119 Å². The standard InChI is InChI=1S/C16H18N4O5/c1-4-20-12-6-5-10(7-11(12)18-9(2)14(20)22)15(23)25-8-13(21)19-16(24)17-3/h5-7H,4,8H2,1-3H3,(H2,17,19,21,24). The highest BCUT2D eigenvalue weighted by Gasteiger charge is 2.14. The van der Waals surface area contributed by atoms with Crippen molar-refractivity contribution in [3.05, 3.63) is 39.8 Å². The summed E-state index contributed by atoms with van der Waals surface area (Å²) in [7, 11) is 1.36. The molecule has 0 fully saturated rings. The van der Waals surface area contributed by atoms with Gasteiger partial charge in [0.1, 0.15) is 5.69 Å².